The van der Waals surface area contributed by atoms with Crippen LogP contribution in [0.3, 0.4) is 0 Å². The molecule has 6 nitrogen and oxygen atoms in total. The van der Waals surface area contributed by atoms with Crippen molar-refractivity contribution in [2.24, 2.45) is 0 Å². The number of methoxy groups -OCH3 is 2. The maximum atomic E-state index is 12.1. The molecule has 0 spiro atoms. The minimum absolute atomic E-state index is 0.122. The second-order valence-electron chi connectivity index (χ2n) is 4.05. The lowest BCUT2D eigenvalue weighted by Crippen LogP contribution is -2.37. The molecule has 1 atom stereocenters. The molecule has 1 aromatic rings. The van der Waals surface area contributed by atoms with Gasteiger partial charge in [-0.15, -0.1) is 0 Å². The molecule has 0 bridgehead atoms. The van der Waals surface area contributed by atoms with Crippen molar-refractivity contribution in [2.45, 2.75) is 19.4 Å². The van der Waals surface area contributed by atoms with Gasteiger partial charge in [0.2, 0.25) is 0 Å². The van der Waals surface area contributed by atoms with E-state index in [4.69, 9.17) is 20.3 Å². The average Bonchev–Trinajstić information content (AvgIpc) is 2.44. The summed E-state index contributed by atoms with van der Waals surface area (Å²) in [5.74, 6) is 0.491. The molecule has 0 saturated heterocycles. The van der Waals surface area contributed by atoms with E-state index in [1.54, 1.807) is 6.07 Å². The van der Waals surface area contributed by atoms with E-state index >= 15 is 0 Å². The molecular formula is C13H20N2O4. The Labute approximate surface area is 112 Å². The number of rotatable bonds is 6. The number of hydrogen-bond acceptors (Lipinski definition) is 5. The number of amides is 1. The number of ether oxygens (including phenoxy) is 2. The Morgan fingerprint density at radius 2 is 2.11 bits per heavy atom. The van der Waals surface area contributed by atoms with Crippen molar-refractivity contribution in [2.75, 3.05) is 26.6 Å². The standard InChI is InChI=1S/C13H20N2O4/c1-4-8(7-16)15-13(17)10-5-9(18-2)6-11(19-3)12(10)14/h5-6,8,16H,4,7,14H2,1-3H3,(H,15,17)/t8-/m1/s1. The molecule has 19 heavy (non-hydrogen) atoms. The molecule has 0 heterocycles. The van der Waals surface area contributed by atoms with E-state index in [9.17, 15) is 4.79 Å². The summed E-state index contributed by atoms with van der Waals surface area (Å²) in [7, 11) is 2.96. The third kappa shape index (κ3) is 3.51. The highest BCUT2D eigenvalue weighted by Gasteiger charge is 2.18. The molecule has 4 N–H and O–H groups in total. The predicted molar refractivity (Wildman–Crippen MR) is 72.6 cm³/mol. The number of nitrogen functional groups attached to an aromatic ring is 1. The van der Waals surface area contributed by atoms with E-state index in [-0.39, 0.29) is 29.8 Å². The van der Waals surface area contributed by atoms with Crippen molar-refractivity contribution < 1.29 is 19.4 Å². The van der Waals surface area contributed by atoms with Gasteiger partial charge in [0.1, 0.15) is 11.5 Å². The number of aliphatic hydroxyl groups excluding tert-OH is 1. The van der Waals surface area contributed by atoms with Crippen molar-refractivity contribution in [3.05, 3.63) is 17.7 Å². The second kappa shape index (κ2) is 6.84. The van der Waals surface area contributed by atoms with Crippen LogP contribution in [0.2, 0.25) is 0 Å². The number of anilines is 1. The van der Waals surface area contributed by atoms with Crippen molar-refractivity contribution in [1.29, 1.82) is 0 Å². The summed E-state index contributed by atoms with van der Waals surface area (Å²) in [6, 6.07) is 2.84. The maximum absolute atomic E-state index is 12.1. The van der Waals surface area contributed by atoms with Crippen LogP contribution in [0.25, 0.3) is 0 Å². The Hall–Kier alpha value is -1.95. The lowest BCUT2D eigenvalue weighted by molar-refractivity contribution is 0.0915. The Kier molecular flexibility index (Phi) is 5.44. The van der Waals surface area contributed by atoms with Crippen LogP contribution in [-0.4, -0.2) is 37.9 Å². The van der Waals surface area contributed by atoms with Crippen LogP contribution in [0.4, 0.5) is 5.69 Å². The van der Waals surface area contributed by atoms with Crippen molar-refractivity contribution in [3.63, 3.8) is 0 Å². The summed E-state index contributed by atoms with van der Waals surface area (Å²) in [5.41, 5.74) is 6.38. The van der Waals surface area contributed by atoms with Crippen LogP contribution in [0, 0.1) is 0 Å². The topological polar surface area (TPSA) is 93.8 Å². The molecule has 1 amide bonds. The Morgan fingerprint density at radius 1 is 1.42 bits per heavy atom. The van der Waals surface area contributed by atoms with Crippen molar-refractivity contribution in [3.8, 4) is 11.5 Å². The fraction of sp³-hybridized carbons (Fsp3) is 0.462. The van der Waals surface area contributed by atoms with E-state index in [0.717, 1.165) is 0 Å². The molecule has 0 radical (unpaired) electrons. The Bertz CT molecular complexity index is 445. The fourth-order valence-electron chi connectivity index (χ4n) is 1.62. The van der Waals surface area contributed by atoms with Gasteiger partial charge in [0.15, 0.2) is 0 Å². The summed E-state index contributed by atoms with van der Waals surface area (Å²) in [4.78, 5) is 12.1. The highest BCUT2D eigenvalue weighted by Crippen LogP contribution is 2.31. The largest absolute Gasteiger partial charge is 0.497 e. The zero-order valence-corrected chi connectivity index (χ0v) is 11.4. The highest BCUT2D eigenvalue weighted by molar-refractivity contribution is 6.01. The lowest BCUT2D eigenvalue weighted by atomic mass is 10.1. The molecule has 0 aliphatic heterocycles. The minimum Gasteiger partial charge on any atom is -0.497 e. The molecule has 0 aliphatic rings. The van der Waals surface area contributed by atoms with Gasteiger partial charge in [0.25, 0.3) is 5.91 Å². The summed E-state index contributed by atoms with van der Waals surface area (Å²) >= 11 is 0. The van der Waals surface area contributed by atoms with E-state index in [0.29, 0.717) is 17.9 Å². The molecule has 1 rings (SSSR count). The van der Waals surface area contributed by atoms with Crippen molar-refractivity contribution in [1.82, 2.24) is 5.32 Å². The van der Waals surface area contributed by atoms with Crippen LogP contribution in [0.5, 0.6) is 11.5 Å². The predicted octanol–water partition coefficient (Wildman–Crippen LogP) is 0.787. The number of carbonyl (C=O) groups excluding carboxylic acids is 1. The normalized spacial score (nSPS) is 11.8. The number of nitrogens with one attached hydrogen (secondary N) is 1. The fourth-order valence-corrected chi connectivity index (χ4v) is 1.62. The summed E-state index contributed by atoms with van der Waals surface area (Å²) < 4.78 is 10.2. The molecule has 1 aromatic carbocycles. The van der Waals surface area contributed by atoms with Gasteiger partial charge in [-0.25, -0.2) is 0 Å². The molecule has 0 unspecified atom stereocenters. The highest BCUT2D eigenvalue weighted by atomic mass is 16.5. The van der Waals surface area contributed by atoms with Gasteiger partial charge in [-0.3, -0.25) is 4.79 Å². The number of hydrogen-bond donors (Lipinski definition) is 3. The monoisotopic (exact) mass is 268 g/mol. The van der Waals surface area contributed by atoms with Crippen molar-refractivity contribution >= 4 is 11.6 Å². The summed E-state index contributed by atoms with van der Waals surface area (Å²) in [6.07, 6.45) is 0.628. The van der Waals surface area contributed by atoms with Gasteiger partial charge >= 0.3 is 0 Å². The number of aliphatic hydroxyl groups is 1. The zero-order chi connectivity index (χ0) is 14.4. The van der Waals surface area contributed by atoms with Gasteiger partial charge in [0.05, 0.1) is 38.1 Å². The molecule has 0 fully saturated rings. The van der Waals surface area contributed by atoms with E-state index in [1.807, 2.05) is 6.92 Å². The molecule has 6 heteroatoms. The number of nitrogens with two attached hydrogens (primary N) is 1. The Morgan fingerprint density at radius 3 is 2.58 bits per heavy atom. The zero-order valence-electron chi connectivity index (χ0n) is 11.4. The molecule has 0 saturated carbocycles. The number of carbonyl (C=O) groups is 1. The molecule has 106 valence electrons. The van der Waals surface area contributed by atoms with Crippen LogP contribution in [0.15, 0.2) is 12.1 Å². The SMILES string of the molecule is CC[C@H](CO)NC(=O)c1cc(OC)cc(OC)c1N. The summed E-state index contributed by atoms with van der Waals surface area (Å²) in [6.45, 7) is 1.75. The summed E-state index contributed by atoms with van der Waals surface area (Å²) in [5, 5.41) is 11.8. The maximum Gasteiger partial charge on any atom is 0.253 e. The molecule has 0 aliphatic carbocycles. The first kappa shape index (κ1) is 15.1. The first-order valence-electron chi connectivity index (χ1n) is 6.00. The first-order chi connectivity index (χ1) is 9.07. The molecular weight excluding hydrogens is 248 g/mol. The van der Waals surface area contributed by atoms with Crippen LogP contribution >= 0.6 is 0 Å². The third-order valence-electron chi connectivity index (χ3n) is 2.86. The van der Waals surface area contributed by atoms with Crippen LogP contribution in [0.1, 0.15) is 23.7 Å². The van der Waals surface area contributed by atoms with E-state index in [2.05, 4.69) is 5.32 Å². The average molecular weight is 268 g/mol. The van der Waals surface area contributed by atoms with Gasteiger partial charge in [-0.2, -0.15) is 0 Å². The van der Waals surface area contributed by atoms with Gasteiger partial charge in [-0.05, 0) is 12.5 Å². The van der Waals surface area contributed by atoms with Gasteiger partial charge < -0.3 is 25.6 Å². The smallest absolute Gasteiger partial charge is 0.253 e. The quantitative estimate of drug-likeness (QED) is 0.663. The van der Waals surface area contributed by atoms with Gasteiger partial charge in [0, 0.05) is 6.07 Å². The lowest BCUT2D eigenvalue weighted by Gasteiger charge is -2.16. The minimum atomic E-state index is -0.365. The Balaban J connectivity index is 3.07. The molecule has 0 aromatic heterocycles. The van der Waals surface area contributed by atoms with E-state index < -0.39 is 0 Å². The van der Waals surface area contributed by atoms with Crippen LogP contribution in [-0.2, 0) is 0 Å². The van der Waals surface area contributed by atoms with E-state index in [1.165, 1.54) is 20.3 Å². The number of benzene rings is 1. The first-order valence-corrected chi connectivity index (χ1v) is 6.00. The third-order valence-corrected chi connectivity index (χ3v) is 2.86. The second-order valence-corrected chi connectivity index (χ2v) is 4.05. The van der Waals surface area contributed by atoms with Gasteiger partial charge in [-0.1, -0.05) is 6.92 Å². The van der Waals surface area contributed by atoms with Crippen LogP contribution < -0.4 is 20.5 Å².